The van der Waals surface area contributed by atoms with E-state index in [1.54, 1.807) is 12.1 Å². The average molecular weight is 252 g/mol. The molecular formula is C16H25FO. The lowest BCUT2D eigenvalue weighted by atomic mass is 9.82. The van der Waals surface area contributed by atoms with Gasteiger partial charge in [0, 0.05) is 6.42 Å². The van der Waals surface area contributed by atoms with Crippen molar-refractivity contribution in [3.05, 3.63) is 35.6 Å². The van der Waals surface area contributed by atoms with Crippen LogP contribution in [0.25, 0.3) is 0 Å². The van der Waals surface area contributed by atoms with Crippen molar-refractivity contribution in [2.45, 2.75) is 53.1 Å². The van der Waals surface area contributed by atoms with Gasteiger partial charge in [-0.05, 0) is 35.8 Å². The van der Waals surface area contributed by atoms with Crippen LogP contribution in [0.1, 0.15) is 46.1 Å². The van der Waals surface area contributed by atoms with Crippen LogP contribution < -0.4 is 0 Å². The Morgan fingerprint density at radius 3 is 2.39 bits per heavy atom. The Bertz CT molecular complexity index is 368. The van der Waals surface area contributed by atoms with E-state index in [-0.39, 0.29) is 11.2 Å². The summed E-state index contributed by atoms with van der Waals surface area (Å²) in [5, 5.41) is 10.0. The standard InChI is InChI=1S/C16H25FO/c1-12(11-16(2,3)4)9-14(18)10-13-7-5-6-8-15(13)17/h5-8,12,14,18H,9-11H2,1-4H3. The van der Waals surface area contributed by atoms with Crippen LogP contribution in [0.2, 0.25) is 0 Å². The first-order valence-electron chi connectivity index (χ1n) is 6.69. The van der Waals surface area contributed by atoms with Gasteiger partial charge in [0.05, 0.1) is 6.10 Å². The van der Waals surface area contributed by atoms with E-state index in [0.717, 1.165) is 12.8 Å². The molecule has 0 aliphatic rings. The van der Waals surface area contributed by atoms with Gasteiger partial charge in [0.15, 0.2) is 0 Å². The van der Waals surface area contributed by atoms with Crippen LogP contribution in [-0.2, 0) is 6.42 Å². The summed E-state index contributed by atoms with van der Waals surface area (Å²) in [6, 6.07) is 6.67. The molecule has 0 spiro atoms. The molecule has 2 heteroatoms. The van der Waals surface area contributed by atoms with Gasteiger partial charge in [-0.15, -0.1) is 0 Å². The SMILES string of the molecule is CC(CC(O)Cc1ccccc1F)CC(C)(C)C. The molecule has 18 heavy (non-hydrogen) atoms. The van der Waals surface area contributed by atoms with Crippen molar-refractivity contribution in [1.29, 1.82) is 0 Å². The molecule has 2 atom stereocenters. The maximum absolute atomic E-state index is 13.4. The molecule has 0 bridgehead atoms. The zero-order valence-corrected chi connectivity index (χ0v) is 11.9. The number of aliphatic hydroxyl groups excluding tert-OH is 1. The molecule has 0 aliphatic carbocycles. The second kappa shape index (κ2) is 6.33. The minimum Gasteiger partial charge on any atom is -0.393 e. The van der Waals surface area contributed by atoms with Crippen molar-refractivity contribution in [2.24, 2.45) is 11.3 Å². The Hall–Kier alpha value is -0.890. The maximum atomic E-state index is 13.4. The molecule has 2 unspecified atom stereocenters. The highest BCUT2D eigenvalue weighted by Crippen LogP contribution is 2.27. The van der Waals surface area contributed by atoms with E-state index in [4.69, 9.17) is 0 Å². The van der Waals surface area contributed by atoms with E-state index in [2.05, 4.69) is 27.7 Å². The van der Waals surface area contributed by atoms with Crippen LogP contribution in [0, 0.1) is 17.2 Å². The average Bonchev–Trinajstić information content (AvgIpc) is 2.18. The minimum absolute atomic E-state index is 0.222. The number of hydrogen-bond acceptors (Lipinski definition) is 1. The summed E-state index contributed by atoms with van der Waals surface area (Å²) in [4.78, 5) is 0. The maximum Gasteiger partial charge on any atom is 0.126 e. The molecule has 0 amide bonds. The summed E-state index contributed by atoms with van der Waals surface area (Å²) in [5.41, 5.74) is 0.880. The Balaban J connectivity index is 2.47. The zero-order chi connectivity index (χ0) is 13.8. The third-order valence-electron chi connectivity index (χ3n) is 3.05. The van der Waals surface area contributed by atoms with Crippen LogP contribution in [0.5, 0.6) is 0 Å². The van der Waals surface area contributed by atoms with E-state index in [9.17, 15) is 9.50 Å². The van der Waals surface area contributed by atoms with E-state index < -0.39 is 6.10 Å². The van der Waals surface area contributed by atoms with Crippen LogP contribution in [-0.4, -0.2) is 11.2 Å². The molecule has 0 saturated heterocycles. The van der Waals surface area contributed by atoms with Gasteiger partial charge < -0.3 is 5.11 Å². The van der Waals surface area contributed by atoms with Crippen LogP contribution in [0.15, 0.2) is 24.3 Å². The predicted octanol–water partition coefficient (Wildman–Crippen LogP) is 4.19. The fourth-order valence-corrected chi connectivity index (χ4v) is 2.59. The van der Waals surface area contributed by atoms with Crippen LogP contribution in [0.3, 0.4) is 0 Å². The van der Waals surface area contributed by atoms with Crippen molar-refractivity contribution < 1.29 is 9.50 Å². The summed E-state index contributed by atoms with van der Waals surface area (Å²) in [6.07, 6.45) is 1.74. The highest BCUT2D eigenvalue weighted by molar-refractivity contribution is 5.17. The summed E-state index contributed by atoms with van der Waals surface area (Å²) in [7, 11) is 0. The van der Waals surface area contributed by atoms with E-state index in [0.29, 0.717) is 17.9 Å². The smallest absolute Gasteiger partial charge is 0.126 e. The lowest BCUT2D eigenvalue weighted by Gasteiger charge is -2.25. The number of aliphatic hydroxyl groups is 1. The normalized spacial score (nSPS) is 15.4. The van der Waals surface area contributed by atoms with Crippen molar-refractivity contribution >= 4 is 0 Å². The van der Waals surface area contributed by atoms with E-state index in [1.807, 2.05) is 6.07 Å². The van der Waals surface area contributed by atoms with Gasteiger partial charge in [-0.1, -0.05) is 45.9 Å². The first kappa shape index (κ1) is 15.2. The summed E-state index contributed by atoms with van der Waals surface area (Å²) >= 11 is 0. The molecule has 0 heterocycles. The Labute approximate surface area is 110 Å². The molecule has 0 radical (unpaired) electrons. The monoisotopic (exact) mass is 252 g/mol. The lowest BCUT2D eigenvalue weighted by molar-refractivity contribution is 0.132. The molecule has 1 N–H and O–H groups in total. The lowest BCUT2D eigenvalue weighted by Crippen LogP contribution is -2.19. The third kappa shape index (κ3) is 5.63. The second-order valence-corrected chi connectivity index (χ2v) is 6.56. The Morgan fingerprint density at radius 1 is 1.22 bits per heavy atom. The number of benzene rings is 1. The van der Waals surface area contributed by atoms with Gasteiger partial charge in [0.25, 0.3) is 0 Å². The molecule has 0 aliphatic heterocycles. The van der Waals surface area contributed by atoms with Gasteiger partial charge in [0.2, 0.25) is 0 Å². The largest absolute Gasteiger partial charge is 0.393 e. The highest BCUT2D eigenvalue weighted by Gasteiger charge is 2.18. The topological polar surface area (TPSA) is 20.2 Å². The molecular weight excluding hydrogens is 227 g/mol. The second-order valence-electron chi connectivity index (χ2n) is 6.56. The molecule has 0 aromatic heterocycles. The van der Waals surface area contributed by atoms with Crippen LogP contribution in [0.4, 0.5) is 4.39 Å². The summed E-state index contributed by atoms with van der Waals surface area (Å²) in [5.74, 6) is 0.229. The van der Waals surface area contributed by atoms with Gasteiger partial charge in [-0.2, -0.15) is 0 Å². The molecule has 1 aromatic carbocycles. The van der Waals surface area contributed by atoms with Crippen LogP contribution >= 0.6 is 0 Å². The molecule has 102 valence electrons. The van der Waals surface area contributed by atoms with Gasteiger partial charge >= 0.3 is 0 Å². The van der Waals surface area contributed by atoms with Gasteiger partial charge in [-0.3, -0.25) is 0 Å². The van der Waals surface area contributed by atoms with Gasteiger partial charge in [0.1, 0.15) is 5.82 Å². The summed E-state index contributed by atoms with van der Waals surface area (Å²) in [6.45, 7) is 8.75. The molecule has 1 rings (SSSR count). The van der Waals surface area contributed by atoms with Crippen molar-refractivity contribution in [1.82, 2.24) is 0 Å². The number of rotatable bonds is 5. The van der Waals surface area contributed by atoms with Crippen molar-refractivity contribution in [3.63, 3.8) is 0 Å². The highest BCUT2D eigenvalue weighted by atomic mass is 19.1. The summed E-state index contributed by atoms with van der Waals surface area (Å²) < 4.78 is 13.4. The Kier molecular flexibility index (Phi) is 5.33. The minimum atomic E-state index is -0.459. The van der Waals surface area contributed by atoms with Crippen molar-refractivity contribution in [2.75, 3.05) is 0 Å². The molecule has 0 saturated carbocycles. The Morgan fingerprint density at radius 2 is 1.83 bits per heavy atom. The first-order chi connectivity index (χ1) is 8.28. The third-order valence-corrected chi connectivity index (χ3v) is 3.05. The number of halogens is 1. The van der Waals surface area contributed by atoms with Crippen molar-refractivity contribution in [3.8, 4) is 0 Å². The zero-order valence-electron chi connectivity index (χ0n) is 11.9. The fraction of sp³-hybridized carbons (Fsp3) is 0.625. The first-order valence-corrected chi connectivity index (χ1v) is 6.69. The molecule has 1 nitrogen and oxygen atoms in total. The van der Waals surface area contributed by atoms with E-state index >= 15 is 0 Å². The quantitative estimate of drug-likeness (QED) is 0.833. The van der Waals surface area contributed by atoms with E-state index in [1.165, 1.54) is 6.07 Å². The van der Waals surface area contributed by atoms with Gasteiger partial charge in [-0.25, -0.2) is 4.39 Å². The molecule has 1 aromatic rings. The predicted molar refractivity (Wildman–Crippen MR) is 74.0 cm³/mol. The molecule has 0 fully saturated rings. The fourth-order valence-electron chi connectivity index (χ4n) is 2.59. The number of hydrogen-bond donors (Lipinski definition) is 1.